The van der Waals surface area contributed by atoms with E-state index in [-0.39, 0.29) is 67.1 Å². The minimum atomic E-state index is -1.06. The average Bonchev–Trinajstić information content (AvgIpc) is 3.99. The molecule has 6 rings (SSSR count). The number of amides is 4. The van der Waals surface area contributed by atoms with Crippen molar-refractivity contribution in [1.82, 2.24) is 35.0 Å². The Morgan fingerprint density at radius 1 is 1.07 bits per heavy atom. The van der Waals surface area contributed by atoms with Crippen LogP contribution in [-0.4, -0.2) is 163 Å². The molecule has 0 radical (unpaired) electrons. The standard InChI is InChI=1S/C58H80N8O9/c1-12-21-59-49(41(7)73-11)31-52-48(32-58(8,9)36-75-37-67)47-30-43(18-19-51(47)64(52)13-2)45-26-42(27-46(68)29-45)28-50(57(72)66-24-15-14-22-60-66)61-55(70)54(38(3)4)62(10)56(71)44-20-25-63(33-44)53(69)17-16-23-65-39(5)34-74-35-40(65)6/h12,18-19,21,26-27,29-31,37-41,44,50,54,60,68H,1,13-15,20,22-25,28,32-36H2,2-11H3,(H,61,70)/b49-31+,59-21?/t39-,40?,41?,44?,50?,54?/m0/s1. The number of aromatic hydroxyl groups is 1. The van der Waals surface area contributed by atoms with Crippen LogP contribution in [0.3, 0.4) is 0 Å². The highest BCUT2D eigenvalue weighted by molar-refractivity contribution is 5.96. The molecular weight excluding hydrogens is 953 g/mol. The first-order valence-electron chi connectivity index (χ1n) is 26.5. The molecular formula is C58H80N8O9. The van der Waals surface area contributed by atoms with Crippen molar-refractivity contribution in [3.05, 3.63) is 71.6 Å². The molecule has 3 aliphatic rings. The molecule has 0 aliphatic carbocycles. The van der Waals surface area contributed by atoms with Gasteiger partial charge in [0, 0.05) is 93.6 Å². The van der Waals surface area contributed by atoms with Gasteiger partial charge >= 0.3 is 0 Å². The number of ether oxygens (including phenoxy) is 3. The zero-order chi connectivity index (χ0) is 54.6. The number of carbonyl (C=O) groups excluding carboxylic acids is 5. The molecule has 406 valence electrons. The summed E-state index contributed by atoms with van der Waals surface area (Å²) in [7, 11) is 3.25. The second-order valence-corrected chi connectivity index (χ2v) is 21.4. The summed E-state index contributed by atoms with van der Waals surface area (Å²) in [6.45, 7) is 24.4. The Morgan fingerprint density at radius 3 is 2.47 bits per heavy atom. The lowest BCUT2D eigenvalue weighted by atomic mass is 9.85. The molecule has 17 heteroatoms. The minimum Gasteiger partial charge on any atom is -0.508 e. The number of benzene rings is 2. The number of nitrogens with one attached hydrogen (secondary N) is 2. The summed E-state index contributed by atoms with van der Waals surface area (Å²) in [6, 6.07) is 9.76. The van der Waals surface area contributed by atoms with Gasteiger partial charge in [-0.05, 0) is 118 Å². The van der Waals surface area contributed by atoms with E-state index in [2.05, 4.69) is 76.5 Å². The number of likely N-dealkylation sites (tertiary alicyclic amines) is 1. The second kappa shape index (κ2) is 26.4. The van der Waals surface area contributed by atoms with Crippen molar-refractivity contribution in [3.63, 3.8) is 0 Å². The second-order valence-electron chi connectivity index (χ2n) is 21.4. The molecule has 3 aromatic rings. The summed E-state index contributed by atoms with van der Waals surface area (Å²) in [4.78, 5) is 77.8. The van der Waals surface area contributed by atoms with Gasteiger partial charge in [-0.2, -0.15) is 0 Å². The summed E-state index contributed by atoms with van der Waals surface area (Å²) < 4.78 is 18.9. The van der Waals surface area contributed by atoms with Gasteiger partial charge in [-0.25, -0.2) is 5.43 Å². The maximum absolute atomic E-state index is 14.6. The van der Waals surface area contributed by atoms with Crippen LogP contribution in [0, 0.1) is 29.1 Å². The van der Waals surface area contributed by atoms with Crippen molar-refractivity contribution in [2.45, 2.75) is 124 Å². The number of hydrogen-bond donors (Lipinski definition) is 3. The number of aromatic nitrogens is 1. The maximum Gasteiger partial charge on any atom is 0.298 e. The molecule has 75 heavy (non-hydrogen) atoms. The van der Waals surface area contributed by atoms with Crippen molar-refractivity contribution in [1.29, 1.82) is 0 Å². The Hall–Kier alpha value is -6.32. The molecule has 0 saturated carbocycles. The smallest absolute Gasteiger partial charge is 0.298 e. The van der Waals surface area contributed by atoms with E-state index >= 15 is 0 Å². The van der Waals surface area contributed by atoms with Crippen LogP contribution in [0.4, 0.5) is 0 Å². The first kappa shape index (κ1) is 57.9. The van der Waals surface area contributed by atoms with E-state index in [1.807, 2.05) is 52.8 Å². The normalized spacial score (nSPS) is 19.9. The summed E-state index contributed by atoms with van der Waals surface area (Å²) in [5, 5.41) is 16.9. The largest absolute Gasteiger partial charge is 0.508 e. The monoisotopic (exact) mass is 1030 g/mol. The Bertz CT molecular complexity index is 2650. The van der Waals surface area contributed by atoms with Crippen LogP contribution in [0.15, 0.2) is 59.7 Å². The first-order chi connectivity index (χ1) is 35.8. The minimum absolute atomic E-state index is 0.0154. The number of allylic oxidation sites excluding steroid dienone is 1. The molecule has 0 bridgehead atoms. The van der Waals surface area contributed by atoms with Gasteiger partial charge in [-0.3, -0.25) is 38.9 Å². The Balaban J connectivity index is 1.28. The Kier molecular flexibility index (Phi) is 20.4. The van der Waals surface area contributed by atoms with E-state index in [1.54, 1.807) is 48.5 Å². The highest BCUT2D eigenvalue weighted by Gasteiger charge is 2.39. The predicted octanol–water partition coefficient (Wildman–Crippen LogP) is 6.01. The van der Waals surface area contributed by atoms with Crippen molar-refractivity contribution in [2.24, 2.45) is 22.2 Å². The number of fused-ring (bicyclic) bond motifs is 1. The SMILES string of the molecule is C=CC=N/C(=C/c1c(CC(C)(C)COC=O)c2cc(-c3cc(O)cc(CC(NC(=O)C(C(C)C)N(C)C(=O)C4CCN(C(=O)C#CCN5C(C)COC[C@@H]5C)C4)C(=O)N4CCCCN4)c3)ccc2n1CC)C(C)OC. The molecule has 4 amide bonds. The zero-order valence-electron chi connectivity index (χ0n) is 45.8. The number of phenols is 1. The van der Waals surface area contributed by atoms with E-state index in [0.717, 1.165) is 40.6 Å². The van der Waals surface area contributed by atoms with Gasteiger partial charge in [0.25, 0.3) is 18.3 Å². The van der Waals surface area contributed by atoms with Crippen LogP contribution in [0.25, 0.3) is 28.1 Å². The van der Waals surface area contributed by atoms with Gasteiger partial charge in [0.2, 0.25) is 11.8 Å². The zero-order valence-corrected chi connectivity index (χ0v) is 45.8. The topological polar surface area (TPSA) is 188 Å². The highest BCUT2D eigenvalue weighted by atomic mass is 16.5. The average molecular weight is 1030 g/mol. The van der Waals surface area contributed by atoms with Gasteiger partial charge in [-0.1, -0.05) is 58.4 Å². The lowest BCUT2D eigenvalue weighted by molar-refractivity contribution is -0.145. The fourth-order valence-electron chi connectivity index (χ4n) is 10.6. The Morgan fingerprint density at radius 2 is 1.81 bits per heavy atom. The van der Waals surface area contributed by atoms with Gasteiger partial charge in [0.15, 0.2) is 0 Å². The lowest BCUT2D eigenvalue weighted by Crippen LogP contribution is -2.59. The first-order valence-corrected chi connectivity index (χ1v) is 26.5. The third kappa shape index (κ3) is 14.5. The summed E-state index contributed by atoms with van der Waals surface area (Å²) >= 11 is 0. The number of hydrazine groups is 1. The van der Waals surface area contributed by atoms with Gasteiger partial charge < -0.3 is 39.0 Å². The number of carbonyl (C=O) groups is 5. The third-order valence-corrected chi connectivity index (χ3v) is 14.6. The number of rotatable bonds is 21. The molecule has 17 nitrogen and oxygen atoms in total. The molecule has 1 aromatic heterocycles. The van der Waals surface area contributed by atoms with Crippen LogP contribution in [-0.2, 0) is 57.6 Å². The van der Waals surface area contributed by atoms with Gasteiger partial charge in [-0.15, -0.1) is 0 Å². The van der Waals surface area contributed by atoms with Crippen LogP contribution in [0.5, 0.6) is 5.75 Å². The summed E-state index contributed by atoms with van der Waals surface area (Å²) in [5.74, 6) is 3.54. The Labute approximate surface area is 443 Å². The van der Waals surface area contributed by atoms with Gasteiger partial charge in [0.1, 0.15) is 17.8 Å². The van der Waals surface area contributed by atoms with Crippen molar-refractivity contribution in [3.8, 4) is 28.7 Å². The van der Waals surface area contributed by atoms with E-state index < -0.39 is 29.3 Å². The summed E-state index contributed by atoms with van der Waals surface area (Å²) in [5.41, 5.74) is 8.48. The van der Waals surface area contributed by atoms with E-state index in [4.69, 9.17) is 14.2 Å². The van der Waals surface area contributed by atoms with Crippen molar-refractivity contribution < 1.29 is 43.3 Å². The molecule has 0 spiro atoms. The molecule has 5 unspecified atom stereocenters. The van der Waals surface area contributed by atoms with Crippen molar-refractivity contribution >= 4 is 53.3 Å². The van der Waals surface area contributed by atoms with Crippen LogP contribution >= 0.6 is 0 Å². The molecule has 3 saturated heterocycles. The van der Waals surface area contributed by atoms with E-state index in [9.17, 15) is 29.1 Å². The van der Waals surface area contributed by atoms with Crippen LogP contribution in [0.1, 0.15) is 91.5 Å². The highest BCUT2D eigenvalue weighted by Crippen LogP contribution is 2.38. The van der Waals surface area contributed by atoms with Crippen LogP contribution < -0.4 is 10.7 Å². The number of morpholine rings is 1. The lowest BCUT2D eigenvalue weighted by Gasteiger charge is -2.37. The number of hydrogen-bond acceptors (Lipinski definition) is 12. The number of nitrogens with zero attached hydrogens (tertiary/aromatic N) is 6. The maximum atomic E-state index is 14.6. The quantitative estimate of drug-likeness (QED) is 0.0645. The predicted molar refractivity (Wildman–Crippen MR) is 292 cm³/mol. The summed E-state index contributed by atoms with van der Waals surface area (Å²) in [6.07, 6.45) is 7.67. The molecule has 3 N–H and O–H groups in total. The van der Waals surface area contributed by atoms with E-state index in [1.165, 1.54) is 4.90 Å². The third-order valence-electron chi connectivity index (χ3n) is 14.6. The molecule has 6 atom stereocenters. The van der Waals surface area contributed by atoms with Crippen molar-refractivity contribution in [2.75, 3.05) is 66.7 Å². The number of phenolic OH excluding ortho intramolecular Hbond substituents is 1. The molecule has 2 aromatic carbocycles. The van der Waals surface area contributed by atoms with Crippen LogP contribution in [0.2, 0.25) is 0 Å². The van der Waals surface area contributed by atoms with E-state index in [0.29, 0.717) is 82.1 Å². The number of methoxy groups -OCH3 is 1. The fraction of sp³-hybridized carbons (Fsp3) is 0.552. The number of aryl methyl sites for hydroxylation is 1. The number of aliphatic imine (C=N–C) groups is 1. The van der Waals surface area contributed by atoms with Gasteiger partial charge in [0.05, 0.1) is 44.1 Å². The molecule has 3 fully saturated rings. The fourth-order valence-corrected chi connectivity index (χ4v) is 10.6. The molecule has 4 heterocycles. The molecule has 3 aliphatic heterocycles. The number of likely N-dealkylation sites (N-methyl/N-ethyl adjacent to an activating group) is 1.